The first-order chi connectivity index (χ1) is 17.1. The molecule has 0 aliphatic rings. The summed E-state index contributed by atoms with van der Waals surface area (Å²) in [7, 11) is 0. The van der Waals surface area contributed by atoms with Crippen LogP contribution in [-0.4, -0.2) is 31.5 Å². The van der Waals surface area contributed by atoms with E-state index in [1.807, 2.05) is 50.2 Å². The first-order valence-electron chi connectivity index (χ1n) is 11.5. The van der Waals surface area contributed by atoms with E-state index in [9.17, 15) is 9.90 Å². The summed E-state index contributed by atoms with van der Waals surface area (Å²) >= 11 is 5.14. The van der Waals surface area contributed by atoms with Gasteiger partial charge in [0.2, 0.25) is 5.89 Å². The predicted octanol–water partition coefficient (Wildman–Crippen LogP) is 6.62. The van der Waals surface area contributed by atoms with E-state index in [1.54, 1.807) is 23.5 Å². The molecule has 0 unspecified atom stereocenters. The number of thiazole rings is 1. The standard InChI is InChI=1S/C27H28BrN3O4S/c1-17-24(30-25(34-17)20-6-5-7-21(28)12-20)15-31(14-22-16-36-18(2)29-22)13-19-8-10-23(11-9-19)35-27(3,4)26(32)33/h5-12,16H,13-15H2,1-4H3,(H,32,33). The molecule has 4 rings (SSSR count). The maximum absolute atomic E-state index is 11.4. The van der Waals surface area contributed by atoms with Gasteiger partial charge in [-0.2, -0.15) is 0 Å². The minimum Gasteiger partial charge on any atom is -0.478 e. The number of aromatic nitrogens is 2. The quantitative estimate of drug-likeness (QED) is 0.229. The lowest BCUT2D eigenvalue weighted by atomic mass is 10.1. The van der Waals surface area contributed by atoms with Gasteiger partial charge in [0.25, 0.3) is 0 Å². The summed E-state index contributed by atoms with van der Waals surface area (Å²) in [5.74, 6) is 0.875. The average Bonchev–Trinajstić information content (AvgIpc) is 3.39. The molecule has 0 amide bonds. The second kappa shape index (κ2) is 10.9. The third kappa shape index (κ3) is 6.60. The zero-order valence-electron chi connectivity index (χ0n) is 20.6. The first kappa shape index (κ1) is 26.1. The summed E-state index contributed by atoms with van der Waals surface area (Å²) < 4.78 is 12.6. The van der Waals surface area contributed by atoms with Crippen LogP contribution in [0.4, 0.5) is 0 Å². The monoisotopic (exact) mass is 569 g/mol. The summed E-state index contributed by atoms with van der Waals surface area (Å²) in [6.45, 7) is 8.90. The van der Waals surface area contributed by atoms with Gasteiger partial charge in [-0.05, 0) is 63.6 Å². The number of rotatable bonds is 10. The summed E-state index contributed by atoms with van der Waals surface area (Å²) in [6.07, 6.45) is 0. The lowest BCUT2D eigenvalue weighted by Crippen LogP contribution is -2.37. The normalized spacial score (nSPS) is 11.7. The number of halogens is 1. The number of carbonyl (C=O) groups is 1. The molecule has 0 saturated carbocycles. The third-order valence-electron chi connectivity index (χ3n) is 5.61. The lowest BCUT2D eigenvalue weighted by Gasteiger charge is -2.23. The van der Waals surface area contributed by atoms with Crippen LogP contribution in [0.25, 0.3) is 11.5 Å². The fourth-order valence-electron chi connectivity index (χ4n) is 3.67. The van der Waals surface area contributed by atoms with Crippen molar-refractivity contribution >= 4 is 33.2 Å². The molecule has 0 fully saturated rings. The molecule has 0 bridgehead atoms. The zero-order chi connectivity index (χ0) is 25.9. The van der Waals surface area contributed by atoms with Crippen LogP contribution in [0.5, 0.6) is 5.75 Å². The number of oxazole rings is 1. The van der Waals surface area contributed by atoms with Gasteiger partial charge in [0.15, 0.2) is 5.60 Å². The molecular weight excluding hydrogens is 542 g/mol. The molecule has 0 radical (unpaired) electrons. The highest BCUT2D eigenvalue weighted by molar-refractivity contribution is 9.10. The van der Waals surface area contributed by atoms with Gasteiger partial charge < -0.3 is 14.3 Å². The molecule has 1 N–H and O–H groups in total. The molecule has 2 aromatic carbocycles. The Bertz CT molecular complexity index is 1350. The van der Waals surface area contributed by atoms with E-state index < -0.39 is 11.6 Å². The minimum absolute atomic E-state index is 0.513. The smallest absolute Gasteiger partial charge is 0.347 e. The van der Waals surface area contributed by atoms with Crippen molar-refractivity contribution in [3.05, 3.63) is 86.1 Å². The number of hydrogen-bond acceptors (Lipinski definition) is 7. The Hall–Kier alpha value is -3.01. The molecule has 36 heavy (non-hydrogen) atoms. The second-order valence-electron chi connectivity index (χ2n) is 9.10. The summed E-state index contributed by atoms with van der Waals surface area (Å²) in [6, 6.07) is 15.4. The van der Waals surface area contributed by atoms with E-state index in [4.69, 9.17) is 14.1 Å². The molecule has 4 aromatic rings. The van der Waals surface area contributed by atoms with Crippen LogP contribution in [-0.2, 0) is 24.4 Å². The Kier molecular flexibility index (Phi) is 7.92. The number of hydrogen-bond donors (Lipinski definition) is 1. The van der Waals surface area contributed by atoms with Crippen molar-refractivity contribution in [1.29, 1.82) is 0 Å². The summed E-state index contributed by atoms with van der Waals surface area (Å²) in [5, 5.41) is 12.4. The second-order valence-corrected chi connectivity index (χ2v) is 11.1. The number of carboxylic acids is 1. The Morgan fingerprint density at radius 3 is 2.50 bits per heavy atom. The number of ether oxygens (including phenoxy) is 1. The topological polar surface area (TPSA) is 88.7 Å². The molecule has 188 valence electrons. The Morgan fingerprint density at radius 2 is 1.86 bits per heavy atom. The molecular formula is C27H28BrN3O4S. The zero-order valence-corrected chi connectivity index (χ0v) is 23.0. The Labute approximate surface area is 222 Å². The highest BCUT2D eigenvalue weighted by atomic mass is 79.9. The number of aryl methyl sites for hydroxylation is 2. The molecule has 9 heteroatoms. The molecule has 2 aromatic heterocycles. The lowest BCUT2D eigenvalue weighted by molar-refractivity contribution is -0.152. The number of nitrogens with zero attached hydrogens (tertiary/aromatic N) is 3. The van der Waals surface area contributed by atoms with Crippen LogP contribution in [0.15, 0.2) is 62.8 Å². The van der Waals surface area contributed by atoms with E-state index in [1.165, 1.54) is 13.8 Å². The summed E-state index contributed by atoms with van der Waals surface area (Å²) in [5.41, 5.74) is 2.57. The molecule has 7 nitrogen and oxygen atoms in total. The SMILES string of the molecule is Cc1nc(CN(Cc2ccc(OC(C)(C)C(=O)O)cc2)Cc2nc(-c3cccc(Br)c3)oc2C)cs1. The number of benzene rings is 2. The van der Waals surface area contributed by atoms with Gasteiger partial charge >= 0.3 is 5.97 Å². The third-order valence-corrected chi connectivity index (χ3v) is 6.92. The van der Waals surface area contributed by atoms with Gasteiger partial charge in [-0.25, -0.2) is 14.8 Å². The van der Waals surface area contributed by atoms with Gasteiger partial charge in [0.05, 0.1) is 16.4 Å². The molecule has 0 spiro atoms. The van der Waals surface area contributed by atoms with Gasteiger partial charge in [0, 0.05) is 35.1 Å². The number of aliphatic carboxylic acids is 1. The van der Waals surface area contributed by atoms with E-state index >= 15 is 0 Å². The molecule has 0 saturated heterocycles. The van der Waals surface area contributed by atoms with E-state index in [-0.39, 0.29) is 0 Å². The van der Waals surface area contributed by atoms with Crippen LogP contribution >= 0.6 is 27.3 Å². The largest absolute Gasteiger partial charge is 0.478 e. The molecule has 0 aliphatic carbocycles. The van der Waals surface area contributed by atoms with Crippen LogP contribution < -0.4 is 4.74 Å². The minimum atomic E-state index is -1.30. The van der Waals surface area contributed by atoms with Crippen molar-refractivity contribution in [2.75, 3.05) is 0 Å². The highest BCUT2D eigenvalue weighted by Gasteiger charge is 2.29. The van der Waals surface area contributed by atoms with Gasteiger partial charge in [-0.3, -0.25) is 4.90 Å². The maximum atomic E-state index is 11.4. The first-order valence-corrected chi connectivity index (χ1v) is 13.1. The number of carboxylic acid groups (broad SMARTS) is 1. The molecule has 0 atom stereocenters. The van der Waals surface area contributed by atoms with E-state index in [2.05, 4.69) is 31.2 Å². The average molecular weight is 571 g/mol. The van der Waals surface area contributed by atoms with Crippen molar-refractivity contribution in [3.63, 3.8) is 0 Å². The van der Waals surface area contributed by atoms with Crippen molar-refractivity contribution in [2.24, 2.45) is 0 Å². The Morgan fingerprint density at radius 1 is 1.11 bits per heavy atom. The fourth-order valence-corrected chi connectivity index (χ4v) is 4.67. The predicted molar refractivity (Wildman–Crippen MR) is 143 cm³/mol. The summed E-state index contributed by atoms with van der Waals surface area (Å²) in [4.78, 5) is 23.1. The van der Waals surface area contributed by atoms with Crippen molar-refractivity contribution in [3.8, 4) is 17.2 Å². The van der Waals surface area contributed by atoms with Gasteiger partial charge in [-0.15, -0.1) is 11.3 Å². The molecule has 0 aliphatic heterocycles. The van der Waals surface area contributed by atoms with Gasteiger partial charge in [-0.1, -0.05) is 34.1 Å². The Balaban J connectivity index is 1.54. The van der Waals surface area contributed by atoms with E-state index in [0.717, 1.165) is 37.8 Å². The van der Waals surface area contributed by atoms with Crippen molar-refractivity contribution in [2.45, 2.75) is 52.9 Å². The van der Waals surface area contributed by atoms with Crippen molar-refractivity contribution in [1.82, 2.24) is 14.9 Å². The maximum Gasteiger partial charge on any atom is 0.347 e. The van der Waals surface area contributed by atoms with Crippen LogP contribution in [0.3, 0.4) is 0 Å². The van der Waals surface area contributed by atoms with Gasteiger partial charge in [0.1, 0.15) is 11.5 Å². The van der Waals surface area contributed by atoms with Crippen molar-refractivity contribution < 1.29 is 19.1 Å². The van der Waals surface area contributed by atoms with E-state index in [0.29, 0.717) is 31.3 Å². The van der Waals surface area contributed by atoms with Crippen LogP contribution in [0.2, 0.25) is 0 Å². The van der Waals surface area contributed by atoms with Crippen LogP contribution in [0, 0.1) is 13.8 Å². The highest BCUT2D eigenvalue weighted by Crippen LogP contribution is 2.26. The van der Waals surface area contributed by atoms with Crippen LogP contribution in [0.1, 0.15) is 41.6 Å². The molecule has 2 heterocycles. The fraction of sp³-hybridized carbons (Fsp3) is 0.296.